The molecule has 168 valence electrons. The maximum absolute atomic E-state index is 13.4. The molecular formula is C22H23FN4O5. The van der Waals surface area contributed by atoms with Gasteiger partial charge in [-0.15, -0.1) is 0 Å². The lowest BCUT2D eigenvalue weighted by molar-refractivity contribution is -0.383. The van der Waals surface area contributed by atoms with Gasteiger partial charge in [0, 0.05) is 25.9 Å². The molecule has 1 heterocycles. The zero-order valence-corrected chi connectivity index (χ0v) is 17.6. The standard InChI is InChI=1S/C22H23FN4O5/c1-25(8-9-28)22(30)19(26(2)13-14-6-7-16(23)20(29)10-14)11-15-12-24-17-4-3-5-18(21(15)17)27(31)32/h3-7,9-10,12,19,24,29H,8,11,13H2,1-2H3. The highest BCUT2D eigenvalue weighted by molar-refractivity contribution is 5.93. The van der Waals surface area contributed by atoms with Crippen LogP contribution in [0.4, 0.5) is 10.1 Å². The smallest absolute Gasteiger partial charge is 0.279 e. The number of benzene rings is 2. The van der Waals surface area contributed by atoms with Gasteiger partial charge in [-0.1, -0.05) is 12.1 Å². The van der Waals surface area contributed by atoms with E-state index in [1.54, 1.807) is 30.3 Å². The van der Waals surface area contributed by atoms with Gasteiger partial charge in [-0.2, -0.15) is 0 Å². The Balaban J connectivity index is 1.97. The van der Waals surface area contributed by atoms with E-state index in [0.717, 1.165) is 6.07 Å². The van der Waals surface area contributed by atoms with Gasteiger partial charge < -0.3 is 19.8 Å². The summed E-state index contributed by atoms with van der Waals surface area (Å²) in [5.74, 6) is -1.59. The Labute approximate surface area is 183 Å². The van der Waals surface area contributed by atoms with Gasteiger partial charge in [-0.25, -0.2) is 4.39 Å². The highest BCUT2D eigenvalue weighted by Gasteiger charge is 2.29. The molecule has 3 rings (SSSR count). The van der Waals surface area contributed by atoms with Crippen molar-refractivity contribution in [1.29, 1.82) is 0 Å². The number of nitro benzene ring substituents is 1. The maximum atomic E-state index is 13.4. The SMILES string of the molecule is CN(CC=O)C(=O)C(Cc1c[nH]c2cccc([N+](=O)[O-])c12)N(C)Cc1ccc(F)c(O)c1. The molecule has 1 amide bonds. The number of hydrogen-bond donors (Lipinski definition) is 2. The summed E-state index contributed by atoms with van der Waals surface area (Å²) in [6, 6.07) is 7.83. The molecule has 1 aromatic heterocycles. The van der Waals surface area contributed by atoms with Crippen molar-refractivity contribution >= 4 is 28.8 Å². The number of carbonyl (C=O) groups excluding carboxylic acids is 2. The molecule has 0 aliphatic rings. The van der Waals surface area contributed by atoms with E-state index in [-0.39, 0.29) is 31.1 Å². The fourth-order valence-electron chi connectivity index (χ4n) is 3.70. The van der Waals surface area contributed by atoms with Crippen LogP contribution < -0.4 is 0 Å². The van der Waals surface area contributed by atoms with Crippen molar-refractivity contribution in [1.82, 2.24) is 14.8 Å². The van der Waals surface area contributed by atoms with Crippen molar-refractivity contribution < 1.29 is 24.0 Å². The van der Waals surface area contributed by atoms with Crippen molar-refractivity contribution in [3.05, 3.63) is 69.7 Å². The Morgan fingerprint density at radius 3 is 2.72 bits per heavy atom. The van der Waals surface area contributed by atoms with Crippen molar-refractivity contribution in [2.75, 3.05) is 20.6 Å². The zero-order valence-electron chi connectivity index (χ0n) is 17.6. The Kier molecular flexibility index (Phi) is 6.84. The largest absolute Gasteiger partial charge is 0.505 e. The first-order valence-electron chi connectivity index (χ1n) is 9.82. The second kappa shape index (κ2) is 9.56. The second-order valence-electron chi connectivity index (χ2n) is 7.58. The molecule has 1 unspecified atom stereocenters. The van der Waals surface area contributed by atoms with E-state index in [9.17, 15) is 29.2 Å². The lowest BCUT2D eigenvalue weighted by Gasteiger charge is -2.30. The Morgan fingerprint density at radius 1 is 1.31 bits per heavy atom. The van der Waals surface area contributed by atoms with Crippen LogP contribution in [0.3, 0.4) is 0 Å². The quantitative estimate of drug-likeness (QED) is 0.299. The number of amides is 1. The monoisotopic (exact) mass is 442 g/mol. The van der Waals surface area contributed by atoms with Crippen LogP contribution in [0.2, 0.25) is 0 Å². The number of hydrogen-bond acceptors (Lipinski definition) is 6. The number of carbonyl (C=O) groups is 2. The van der Waals surface area contributed by atoms with Crippen LogP contribution in [0.25, 0.3) is 10.9 Å². The summed E-state index contributed by atoms with van der Waals surface area (Å²) in [7, 11) is 3.18. The molecule has 2 N–H and O–H groups in total. The van der Waals surface area contributed by atoms with Crippen LogP contribution in [-0.4, -0.2) is 63.7 Å². The van der Waals surface area contributed by atoms with Gasteiger partial charge in [-0.3, -0.25) is 19.8 Å². The fourth-order valence-corrected chi connectivity index (χ4v) is 3.70. The Hall–Kier alpha value is -3.79. The Morgan fingerprint density at radius 2 is 2.06 bits per heavy atom. The topological polar surface area (TPSA) is 120 Å². The van der Waals surface area contributed by atoms with Crippen LogP contribution in [0.5, 0.6) is 5.75 Å². The third-order valence-corrected chi connectivity index (χ3v) is 5.36. The molecular weight excluding hydrogens is 419 g/mol. The van der Waals surface area contributed by atoms with Crippen LogP contribution >= 0.6 is 0 Å². The average Bonchev–Trinajstić information content (AvgIpc) is 3.17. The molecule has 9 nitrogen and oxygen atoms in total. The molecule has 0 radical (unpaired) electrons. The first kappa shape index (κ1) is 22.9. The summed E-state index contributed by atoms with van der Waals surface area (Å²) < 4.78 is 13.4. The van der Waals surface area contributed by atoms with Gasteiger partial charge in [0.25, 0.3) is 5.69 Å². The number of aldehydes is 1. The number of nitrogens with one attached hydrogen (secondary N) is 1. The molecule has 0 saturated heterocycles. The highest BCUT2D eigenvalue weighted by Crippen LogP contribution is 2.30. The number of fused-ring (bicyclic) bond motifs is 1. The summed E-state index contributed by atoms with van der Waals surface area (Å²) in [6.45, 7) is 0.0954. The minimum Gasteiger partial charge on any atom is -0.505 e. The fraction of sp³-hybridized carbons (Fsp3) is 0.273. The van der Waals surface area contributed by atoms with E-state index >= 15 is 0 Å². The predicted octanol–water partition coefficient (Wildman–Crippen LogP) is 2.62. The number of nitrogens with zero attached hydrogens (tertiary/aromatic N) is 3. The van der Waals surface area contributed by atoms with Gasteiger partial charge >= 0.3 is 0 Å². The number of rotatable bonds is 9. The number of non-ortho nitro benzene ring substituents is 1. The van der Waals surface area contributed by atoms with Gasteiger partial charge in [0.15, 0.2) is 11.6 Å². The van der Waals surface area contributed by atoms with E-state index in [2.05, 4.69) is 4.98 Å². The number of nitro groups is 1. The number of aromatic hydroxyl groups is 1. The number of halogens is 1. The molecule has 1 atom stereocenters. The molecule has 0 bridgehead atoms. The van der Waals surface area contributed by atoms with Crippen LogP contribution in [-0.2, 0) is 22.6 Å². The molecule has 2 aromatic carbocycles. The van der Waals surface area contributed by atoms with Crippen molar-refractivity contribution in [3.8, 4) is 5.75 Å². The van der Waals surface area contributed by atoms with Crippen molar-refractivity contribution in [2.24, 2.45) is 0 Å². The Bertz CT molecular complexity index is 1160. The molecule has 0 aliphatic heterocycles. The van der Waals surface area contributed by atoms with Gasteiger partial charge in [0.2, 0.25) is 5.91 Å². The highest BCUT2D eigenvalue weighted by atomic mass is 19.1. The molecule has 0 fully saturated rings. The van der Waals surface area contributed by atoms with Crippen molar-refractivity contribution in [3.63, 3.8) is 0 Å². The number of aromatic amines is 1. The van der Waals surface area contributed by atoms with Gasteiger partial charge in [0.05, 0.1) is 28.4 Å². The first-order valence-corrected chi connectivity index (χ1v) is 9.82. The van der Waals surface area contributed by atoms with E-state index in [1.165, 1.54) is 30.1 Å². The third kappa shape index (κ3) is 4.75. The van der Waals surface area contributed by atoms with Gasteiger partial charge in [-0.05, 0) is 42.8 Å². The normalized spacial score (nSPS) is 12.1. The summed E-state index contributed by atoms with van der Waals surface area (Å²) in [5.41, 5.74) is 1.66. The molecule has 32 heavy (non-hydrogen) atoms. The maximum Gasteiger partial charge on any atom is 0.279 e. The number of H-pyrrole nitrogens is 1. The van der Waals surface area contributed by atoms with Crippen LogP contribution in [0, 0.1) is 15.9 Å². The molecule has 10 heteroatoms. The van der Waals surface area contributed by atoms with Crippen LogP contribution in [0.15, 0.2) is 42.6 Å². The summed E-state index contributed by atoms with van der Waals surface area (Å²) in [4.78, 5) is 41.1. The van der Waals surface area contributed by atoms with Gasteiger partial charge in [0.1, 0.15) is 6.29 Å². The lowest BCUT2D eigenvalue weighted by atomic mass is 10.0. The summed E-state index contributed by atoms with van der Waals surface area (Å²) >= 11 is 0. The minimum atomic E-state index is -0.772. The third-order valence-electron chi connectivity index (χ3n) is 5.36. The van der Waals surface area contributed by atoms with E-state index in [4.69, 9.17) is 0 Å². The summed E-state index contributed by atoms with van der Waals surface area (Å²) in [6.07, 6.45) is 2.38. The zero-order chi connectivity index (χ0) is 23.4. The van der Waals surface area contributed by atoms with Crippen LogP contribution in [0.1, 0.15) is 11.1 Å². The first-order chi connectivity index (χ1) is 15.2. The molecule has 0 spiro atoms. The van der Waals surface area contributed by atoms with E-state index < -0.39 is 22.5 Å². The van der Waals surface area contributed by atoms with E-state index in [1.807, 2.05) is 0 Å². The average molecular weight is 442 g/mol. The lowest BCUT2D eigenvalue weighted by Crippen LogP contribution is -2.47. The number of aromatic nitrogens is 1. The van der Waals surface area contributed by atoms with E-state index in [0.29, 0.717) is 28.3 Å². The predicted molar refractivity (Wildman–Crippen MR) is 116 cm³/mol. The number of likely N-dealkylation sites (N-methyl/N-ethyl adjacent to an activating group) is 2. The van der Waals surface area contributed by atoms with Crippen molar-refractivity contribution in [2.45, 2.75) is 19.0 Å². The molecule has 0 aliphatic carbocycles. The molecule has 3 aromatic rings. The number of phenolic OH excluding ortho intramolecular Hbond substituents is 1. The second-order valence-corrected chi connectivity index (χ2v) is 7.58. The number of phenols is 1. The minimum absolute atomic E-state index is 0.0719. The molecule has 0 saturated carbocycles. The summed E-state index contributed by atoms with van der Waals surface area (Å²) in [5, 5.41) is 21.6.